The second kappa shape index (κ2) is 3.59. The molecule has 0 bridgehead atoms. The molecule has 1 heterocycles. The Morgan fingerprint density at radius 3 is 2.79 bits per heavy atom. The van der Waals surface area contributed by atoms with Gasteiger partial charge in [0.25, 0.3) is 0 Å². The van der Waals surface area contributed by atoms with E-state index in [-0.39, 0.29) is 24.4 Å². The lowest BCUT2D eigenvalue weighted by Gasteiger charge is -2.26. The lowest BCUT2D eigenvalue weighted by atomic mass is 10.2. The fraction of sp³-hybridized carbons (Fsp3) is 0.800. The maximum atomic E-state index is 11.6. The van der Waals surface area contributed by atoms with Crippen molar-refractivity contribution in [2.75, 3.05) is 13.1 Å². The maximum Gasteiger partial charge on any atom is 0.242 e. The lowest BCUT2D eigenvalue weighted by molar-refractivity contribution is -0.131. The fourth-order valence-corrected chi connectivity index (χ4v) is 1.83. The third-order valence-corrected chi connectivity index (χ3v) is 2.92. The van der Waals surface area contributed by atoms with Gasteiger partial charge in [0, 0.05) is 19.0 Å². The molecule has 0 spiro atoms. The Morgan fingerprint density at radius 1 is 1.43 bits per heavy atom. The van der Waals surface area contributed by atoms with E-state index in [0.29, 0.717) is 12.3 Å². The molecular formula is C10H16N2O2. The summed E-state index contributed by atoms with van der Waals surface area (Å²) < 4.78 is 0. The summed E-state index contributed by atoms with van der Waals surface area (Å²) in [5, 5.41) is 2.62. The molecule has 0 radical (unpaired) electrons. The van der Waals surface area contributed by atoms with E-state index >= 15 is 0 Å². The minimum atomic E-state index is -0.0100. The van der Waals surface area contributed by atoms with E-state index in [1.807, 2.05) is 11.8 Å². The summed E-state index contributed by atoms with van der Waals surface area (Å²) >= 11 is 0. The number of hydrogen-bond donors (Lipinski definition) is 1. The van der Waals surface area contributed by atoms with E-state index in [4.69, 9.17) is 0 Å². The van der Waals surface area contributed by atoms with E-state index < -0.39 is 0 Å². The van der Waals surface area contributed by atoms with Crippen molar-refractivity contribution in [3.63, 3.8) is 0 Å². The highest BCUT2D eigenvalue weighted by molar-refractivity contribution is 5.87. The van der Waals surface area contributed by atoms with Gasteiger partial charge in [-0.05, 0) is 25.7 Å². The van der Waals surface area contributed by atoms with Crippen LogP contribution in [0.1, 0.15) is 26.2 Å². The quantitative estimate of drug-likeness (QED) is 0.682. The molecule has 2 fully saturated rings. The highest BCUT2D eigenvalue weighted by atomic mass is 16.2. The molecule has 2 aliphatic rings. The zero-order valence-corrected chi connectivity index (χ0v) is 8.45. The van der Waals surface area contributed by atoms with Crippen LogP contribution in [0.2, 0.25) is 0 Å². The van der Waals surface area contributed by atoms with Gasteiger partial charge < -0.3 is 10.2 Å². The molecule has 0 aromatic carbocycles. The zero-order chi connectivity index (χ0) is 10.1. The first-order valence-corrected chi connectivity index (χ1v) is 5.23. The second-order valence-corrected chi connectivity index (χ2v) is 4.32. The molecule has 1 aliphatic heterocycles. The van der Waals surface area contributed by atoms with Crippen LogP contribution in [0.4, 0.5) is 0 Å². The molecule has 4 nitrogen and oxygen atoms in total. The van der Waals surface area contributed by atoms with Crippen molar-refractivity contribution in [1.82, 2.24) is 10.2 Å². The maximum absolute atomic E-state index is 11.6. The summed E-state index contributed by atoms with van der Waals surface area (Å²) in [4.78, 5) is 24.7. The Balaban J connectivity index is 2.01. The van der Waals surface area contributed by atoms with Crippen LogP contribution in [-0.2, 0) is 9.59 Å². The predicted molar refractivity (Wildman–Crippen MR) is 51.5 cm³/mol. The summed E-state index contributed by atoms with van der Waals surface area (Å²) in [6.07, 6.45) is 2.91. The first-order chi connectivity index (χ1) is 6.66. The Hall–Kier alpha value is -1.06. The minimum absolute atomic E-state index is 0.0100. The Morgan fingerprint density at radius 2 is 2.14 bits per heavy atom. The highest BCUT2D eigenvalue weighted by Crippen LogP contribution is 2.30. The van der Waals surface area contributed by atoms with Gasteiger partial charge >= 0.3 is 0 Å². The number of carbonyl (C=O) groups is 2. The van der Waals surface area contributed by atoms with Gasteiger partial charge in [0.1, 0.15) is 0 Å². The van der Waals surface area contributed by atoms with Crippen LogP contribution in [-0.4, -0.2) is 35.8 Å². The third kappa shape index (κ3) is 2.05. The average molecular weight is 196 g/mol. The van der Waals surface area contributed by atoms with Crippen LogP contribution in [0.5, 0.6) is 0 Å². The van der Waals surface area contributed by atoms with Gasteiger partial charge in [0.15, 0.2) is 0 Å². The van der Waals surface area contributed by atoms with E-state index in [2.05, 4.69) is 5.32 Å². The number of nitrogens with one attached hydrogen (secondary N) is 1. The minimum Gasteiger partial charge on any atom is -0.347 e. The summed E-state index contributed by atoms with van der Waals surface area (Å²) in [5.41, 5.74) is 0. The van der Waals surface area contributed by atoms with Crippen LogP contribution in [0, 0.1) is 5.92 Å². The molecular weight excluding hydrogens is 180 g/mol. The van der Waals surface area contributed by atoms with E-state index in [1.54, 1.807) is 0 Å². The van der Waals surface area contributed by atoms with Crippen molar-refractivity contribution in [2.24, 2.45) is 5.92 Å². The Bertz CT molecular complexity index is 261. The van der Waals surface area contributed by atoms with Crippen molar-refractivity contribution in [2.45, 2.75) is 32.2 Å². The number of rotatable bonds is 2. The van der Waals surface area contributed by atoms with Gasteiger partial charge in [-0.15, -0.1) is 0 Å². The van der Waals surface area contributed by atoms with E-state index in [1.165, 1.54) is 12.8 Å². The van der Waals surface area contributed by atoms with Crippen molar-refractivity contribution in [3.05, 3.63) is 0 Å². The van der Waals surface area contributed by atoms with Gasteiger partial charge in [-0.1, -0.05) is 0 Å². The van der Waals surface area contributed by atoms with Gasteiger partial charge in [-0.2, -0.15) is 0 Å². The zero-order valence-electron chi connectivity index (χ0n) is 8.45. The van der Waals surface area contributed by atoms with Crippen LogP contribution in [0.15, 0.2) is 0 Å². The molecule has 4 heteroatoms. The summed E-state index contributed by atoms with van der Waals surface area (Å²) in [6, 6.07) is 0.0607. The standard InChI is InChI=1S/C10H16N2O2/c1-7-4-9(13)11-5-10(14)12(7)6-8-2-3-8/h7-8H,2-6H2,1H3,(H,11,13). The van der Waals surface area contributed by atoms with Crippen LogP contribution >= 0.6 is 0 Å². The summed E-state index contributed by atoms with van der Waals surface area (Å²) in [5.74, 6) is 0.744. The Labute approximate surface area is 83.6 Å². The highest BCUT2D eigenvalue weighted by Gasteiger charge is 2.31. The van der Waals surface area contributed by atoms with Crippen molar-refractivity contribution in [1.29, 1.82) is 0 Å². The number of hydrogen-bond acceptors (Lipinski definition) is 2. The molecule has 0 aromatic rings. The van der Waals surface area contributed by atoms with Crippen LogP contribution in [0.3, 0.4) is 0 Å². The molecule has 2 rings (SSSR count). The van der Waals surface area contributed by atoms with E-state index in [0.717, 1.165) is 6.54 Å². The average Bonchev–Trinajstić information content (AvgIpc) is 2.92. The van der Waals surface area contributed by atoms with Crippen molar-refractivity contribution < 1.29 is 9.59 Å². The first kappa shape index (κ1) is 9.49. The monoisotopic (exact) mass is 196 g/mol. The lowest BCUT2D eigenvalue weighted by Crippen LogP contribution is -2.40. The molecule has 2 amide bonds. The number of nitrogens with zero attached hydrogens (tertiary/aromatic N) is 1. The van der Waals surface area contributed by atoms with Crippen molar-refractivity contribution >= 4 is 11.8 Å². The number of amides is 2. The summed E-state index contributed by atoms with van der Waals surface area (Å²) in [6.45, 7) is 2.97. The SMILES string of the molecule is CC1CC(=O)NCC(=O)N1CC1CC1. The molecule has 1 aliphatic carbocycles. The molecule has 1 N–H and O–H groups in total. The van der Waals surface area contributed by atoms with Gasteiger partial charge in [-0.3, -0.25) is 9.59 Å². The molecule has 78 valence electrons. The van der Waals surface area contributed by atoms with Crippen LogP contribution in [0.25, 0.3) is 0 Å². The van der Waals surface area contributed by atoms with Gasteiger partial charge in [0.05, 0.1) is 6.54 Å². The predicted octanol–water partition coefficient (Wildman–Crippen LogP) is 0.133. The topological polar surface area (TPSA) is 49.4 Å². The fourth-order valence-electron chi connectivity index (χ4n) is 1.83. The van der Waals surface area contributed by atoms with Crippen LogP contribution < -0.4 is 5.32 Å². The molecule has 1 unspecified atom stereocenters. The first-order valence-electron chi connectivity index (χ1n) is 5.23. The molecule has 1 saturated heterocycles. The van der Waals surface area contributed by atoms with Crippen molar-refractivity contribution in [3.8, 4) is 0 Å². The second-order valence-electron chi connectivity index (χ2n) is 4.32. The Kier molecular flexibility index (Phi) is 2.44. The molecule has 14 heavy (non-hydrogen) atoms. The smallest absolute Gasteiger partial charge is 0.242 e. The van der Waals surface area contributed by atoms with E-state index in [9.17, 15) is 9.59 Å². The van der Waals surface area contributed by atoms with Gasteiger partial charge in [-0.25, -0.2) is 0 Å². The van der Waals surface area contributed by atoms with Gasteiger partial charge in [0.2, 0.25) is 11.8 Å². The largest absolute Gasteiger partial charge is 0.347 e. The third-order valence-electron chi connectivity index (χ3n) is 2.92. The number of carbonyl (C=O) groups excluding carboxylic acids is 2. The molecule has 0 aromatic heterocycles. The normalized spacial score (nSPS) is 28.6. The summed E-state index contributed by atoms with van der Waals surface area (Å²) in [7, 11) is 0. The molecule has 1 atom stereocenters. The molecule has 1 saturated carbocycles.